The standard InChI is InChI=1S/C15H22N2O.Y/c1-3-13-5-7-14(8-6-13)15(18)17-11-9-16(4-2)10-12-17;/h5-8H,3-4,9-12H2,1-2H3;. The Balaban J connectivity index is 0.00000180. The molecule has 0 spiro atoms. The zero-order valence-electron chi connectivity index (χ0n) is 11.9. The Labute approximate surface area is 141 Å². The molecule has 1 heterocycles. The van der Waals surface area contributed by atoms with Crippen LogP contribution in [0.15, 0.2) is 24.3 Å². The topological polar surface area (TPSA) is 23.6 Å². The summed E-state index contributed by atoms with van der Waals surface area (Å²) in [7, 11) is 0. The van der Waals surface area contributed by atoms with E-state index in [1.165, 1.54) is 5.56 Å². The Bertz CT molecular complexity index is 397. The summed E-state index contributed by atoms with van der Waals surface area (Å²) < 4.78 is 0. The second-order valence-electron chi connectivity index (χ2n) is 4.78. The van der Waals surface area contributed by atoms with E-state index in [9.17, 15) is 4.79 Å². The first-order valence-corrected chi connectivity index (χ1v) is 6.85. The first-order chi connectivity index (χ1) is 8.74. The third-order valence-corrected chi connectivity index (χ3v) is 3.72. The van der Waals surface area contributed by atoms with Gasteiger partial charge in [0.25, 0.3) is 5.91 Å². The number of hydrogen-bond acceptors (Lipinski definition) is 2. The quantitative estimate of drug-likeness (QED) is 0.844. The molecule has 1 amide bonds. The molecule has 1 fully saturated rings. The van der Waals surface area contributed by atoms with Gasteiger partial charge in [-0.15, -0.1) is 0 Å². The van der Waals surface area contributed by atoms with Crippen LogP contribution in [0.3, 0.4) is 0 Å². The Morgan fingerprint density at radius 3 is 2.11 bits per heavy atom. The van der Waals surface area contributed by atoms with Crippen molar-refractivity contribution in [3.63, 3.8) is 0 Å². The van der Waals surface area contributed by atoms with E-state index in [0.717, 1.165) is 44.7 Å². The molecule has 101 valence electrons. The summed E-state index contributed by atoms with van der Waals surface area (Å²) in [6.45, 7) is 9.06. The minimum Gasteiger partial charge on any atom is -0.336 e. The maximum absolute atomic E-state index is 12.3. The average Bonchev–Trinajstić information content (AvgIpc) is 2.47. The van der Waals surface area contributed by atoms with Crippen molar-refractivity contribution in [3.05, 3.63) is 35.4 Å². The van der Waals surface area contributed by atoms with Crippen molar-refractivity contribution in [3.8, 4) is 0 Å². The molecule has 0 bridgehead atoms. The van der Waals surface area contributed by atoms with Crippen LogP contribution in [0, 0.1) is 0 Å². The molecular weight excluding hydrogens is 313 g/mol. The molecule has 1 aromatic carbocycles. The first kappa shape index (κ1) is 16.8. The molecule has 4 heteroatoms. The van der Waals surface area contributed by atoms with Crippen LogP contribution < -0.4 is 0 Å². The number of likely N-dealkylation sites (N-methyl/N-ethyl adjacent to an activating group) is 1. The summed E-state index contributed by atoms with van der Waals surface area (Å²) >= 11 is 0. The molecule has 0 aromatic heterocycles. The monoisotopic (exact) mass is 335 g/mol. The third kappa shape index (κ3) is 4.37. The molecule has 0 saturated carbocycles. The second kappa shape index (κ2) is 8.13. The van der Waals surface area contributed by atoms with Gasteiger partial charge >= 0.3 is 0 Å². The first-order valence-electron chi connectivity index (χ1n) is 6.85. The van der Waals surface area contributed by atoms with Crippen molar-refractivity contribution in [2.45, 2.75) is 20.3 Å². The van der Waals surface area contributed by atoms with Crippen molar-refractivity contribution in [2.24, 2.45) is 0 Å². The minimum absolute atomic E-state index is 0. The van der Waals surface area contributed by atoms with Crippen molar-refractivity contribution >= 4 is 5.91 Å². The van der Waals surface area contributed by atoms with Gasteiger partial charge in [-0.1, -0.05) is 26.0 Å². The van der Waals surface area contributed by atoms with Gasteiger partial charge in [0.05, 0.1) is 0 Å². The molecule has 3 nitrogen and oxygen atoms in total. The number of rotatable bonds is 3. The number of hydrogen-bond donors (Lipinski definition) is 0. The summed E-state index contributed by atoms with van der Waals surface area (Å²) in [5.41, 5.74) is 2.10. The number of piperazine rings is 1. The Morgan fingerprint density at radius 2 is 1.63 bits per heavy atom. The van der Waals surface area contributed by atoms with Gasteiger partial charge in [0.2, 0.25) is 0 Å². The van der Waals surface area contributed by atoms with Gasteiger partial charge in [-0.2, -0.15) is 0 Å². The smallest absolute Gasteiger partial charge is 0.253 e. The molecule has 0 aliphatic carbocycles. The van der Waals surface area contributed by atoms with Crippen LogP contribution in [0.1, 0.15) is 29.8 Å². The fraction of sp³-hybridized carbons (Fsp3) is 0.533. The zero-order chi connectivity index (χ0) is 13.0. The maximum Gasteiger partial charge on any atom is 0.253 e. The molecule has 2 rings (SSSR count). The van der Waals surface area contributed by atoms with Gasteiger partial charge < -0.3 is 9.80 Å². The summed E-state index contributed by atoms with van der Waals surface area (Å²) in [6.07, 6.45) is 1.02. The van der Waals surface area contributed by atoms with Crippen LogP contribution in [-0.4, -0.2) is 48.4 Å². The van der Waals surface area contributed by atoms with Crippen LogP contribution in [0.2, 0.25) is 0 Å². The summed E-state index contributed by atoms with van der Waals surface area (Å²) in [5.74, 6) is 0.174. The number of nitrogens with zero attached hydrogens (tertiary/aromatic N) is 2. The van der Waals surface area contributed by atoms with Crippen molar-refractivity contribution < 1.29 is 37.5 Å². The number of carbonyl (C=O) groups excluding carboxylic acids is 1. The van der Waals surface area contributed by atoms with Gasteiger partial charge in [0, 0.05) is 64.5 Å². The van der Waals surface area contributed by atoms with E-state index < -0.39 is 0 Å². The van der Waals surface area contributed by atoms with Crippen LogP contribution in [0.4, 0.5) is 0 Å². The molecule has 1 saturated heterocycles. The van der Waals surface area contributed by atoms with E-state index in [1.54, 1.807) is 0 Å². The molecular formula is C15H22N2OY. The van der Waals surface area contributed by atoms with Crippen molar-refractivity contribution in [1.82, 2.24) is 9.80 Å². The van der Waals surface area contributed by atoms with Gasteiger partial charge in [-0.05, 0) is 30.7 Å². The average molecular weight is 335 g/mol. The predicted molar refractivity (Wildman–Crippen MR) is 73.8 cm³/mol. The number of aryl methyl sites for hydroxylation is 1. The third-order valence-electron chi connectivity index (χ3n) is 3.72. The van der Waals surface area contributed by atoms with E-state index >= 15 is 0 Å². The molecule has 1 aliphatic heterocycles. The molecule has 1 radical (unpaired) electrons. The largest absolute Gasteiger partial charge is 0.336 e. The summed E-state index contributed by atoms with van der Waals surface area (Å²) in [5, 5.41) is 0. The summed E-state index contributed by atoms with van der Waals surface area (Å²) in [6, 6.07) is 8.01. The van der Waals surface area contributed by atoms with E-state index in [0.29, 0.717) is 0 Å². The Hall–Kier alpha value is -0.246. The number of carbonyl (C=O) groups is 1. The number of amides is 1. The van der Waals surface area contributed by atoms with Gasteiger partial charge in [0.1, 0.15) is 0 Å². The van der Waals surface area contributed by atoms with E-state index in [-0.39, 0.29) is 38.6 Å². The fourth-order valence-electron chi connectivity index (χ4n) is 2.33. The van der Waals surface area contributed by atoms with Gasteiger partial charge in [-0.25, -0.2) is 0 Å². The van der Waals surface area contributed by atoms with E-state index in [4.69, 9.17) is 0 Å². The zero-order valence-corrected chi connectivity index (χ0v) is 14.8. The van der Waals surface area contributed by atoms with Crippen LogP contribution in [0.25, 0.3) is 0 Å². The van der Waals surface area contributed by atoms with Crippen LogP contribution >= 0.6 is 0 Å². The molecule has 0 unspecified atom stereocenters. The maximum atomic E-state index is 12.3. The van der Waals surface area contributed by atoms with E-state index in [2.05, 4.69) is 30.9 Å². The predicted octanol–water partition coefficient (Wildman–Crippen LogP) is 2.02. The Kier molecular flexibility index (Phi) is 7.19. The van der Waals surface area contributed by atoms with Crippen LogP contribution in [0.5, 0.6) is 0 Å². The van der Waals surface area contributed by atoms with Crippen molar-refractivity contribution in [2.75, 3.05) is 32.7 Å². The SMILES string of the molecule is CCc1ccc(C(=O)N2CCN(CC)CC2)cc1.[Y]. The molecule has 19 heavy (non-hydrogen) atoms. The minimum atomic E-state index is 0. The molecule has 1 aromatic rings. The summed E-state index contributed by atoms with van der Waals surface area (Å²) in [4.78, 5) is 16.6. The Morgan fingerprint density at radius 1 is 1.05 bits per heavy atom. The second-order valence-corrected chi connectivity index (χ2v) is 4.78. The van der Waals surface area contributed by atoms with Gasteiger partial charge in [-0.3, -0.25) is 4.79 Å². The molecule has 0 atom stereocenters. The normalized spacial score (nSPS) is 16.0. The fourth-order valence-corrected chi connectivity index (χ4v) is 2.33. The van der Waals surface area contributed by atoms with Crippen molar-refractivity contribution in [1.29, 1.82) is 0 Å². The molecule has 0 N–H and O–H groups in total. The number of benzene rings is 1. The molecule has 1 aliphatic rings. The van der Waals surface area contributed by atoms with E-state index in [1.807, 2.05) is 17.0 Å². The van der Waals surface area contributed by atoms with Gasteiger partial charge in [0.15, 0.2) is 0 Å². The van der Waals surface area contributed by atoms with Crippen LogP contribution in [-0.2, 0) is 39.1 Å².